The summed E-state index contributed by atoms with van der Waals surface area (Å²) in [5.41, 5.74) is -0.362. The van der Waals surface area contributed by atoms with Crippen molar-refractivity contribution < 1.29 is 14.5 Å². The fourth-order valence-electron chi connectivity index (χ4n) is 1.47. The minimum Gasteiger partial charge on any atom is -0.482 e. The lowest BCUT2D eigenvalue weighted by Crippen LogP contribution is -2.23. The molecule has 1 aromatic rings. The van der Waals surface area contributed by atoms with Crippen LogP contribution in [0.4, 0.5) is 5.69 Å². The van der Waals surface area contributed by atoms with E-state index in [2.05, 4.69) is 4.98 Å². The highest BCUT2D eigenvalue weighted by molar-refractivity contribution is 5.98. The number of rotatable bonds is 4. The molecule has 1 aliphatic rings. The normalized spacial score (nSPS) is 14.1. The molecule has 0 unspecified atom stereocenters. The fourth-order valence-corrected chi connectivity index (χ4v) is 1.47. The summed E-state index contributed by atoms with van der Waals surface area (Å²) in [7, 11) is 3.06. The van der Waals surface area contributed by atoms with Crippen LogP contribution in [-0.4, -0.2) is 40.9 Å². The third kappa shape index (κ3) is 2.39. The summed E-state index contributed by atoms with van der Waals surface area (Å²) >= 11 is 0. The zero-order valence-corrected chi connectivity index (χ0v) is 10.1. The highest BCUT2D eigenvalue weighted by Crippen LogP contribution is 2.35. The van der Waals surface area contributed by atoms with Gasteiger partial charge < -0.3 is 9.64 Å². The minimum absolute atomic E-state index is 0.00945. The molecule has 2 rings (SSSR count). The van der Waals surface area contributed by atoms with Gasteiger partial charge in [0.05, 0.1) is 17.2 Å². The number of hydrogen-bond donors (Lipinski definition) is 0. The number of nitrogens with zero attached hydrogens (tertiary/aromatic N) is 3. The molecule has 0 radical (unpaired) electrons. The molecule has 96 valence electrons. The summed E-state index contributed by atoms with van der Waals surface area (Å²) in [6, 6.07) is 0. The SMILES string of the molecule is CN(C)C(=O)c1cncc(OC2CC2)c1[N+](=O)[O-]. The summed E-state index contributed by atoms with van der Waals surface area (Å²) in [4.78, 5) is 27.5. The maximum atomic E-state index is 11.8. The zero-order valence-electron chi connectivity index (χ0n) is 10.1. The molecule has 18 heavy (non-hydrogen) atoms. The van der Waals surface area contributed by atoms with E-state index in [0.29, 0.717) is 0 Å². The van der Waals surface area contributed by atoms with Crippen LogP contribution < -0.4 is 4.74 Å². The smallest absolute Gasteiger partial charge is 0.326 e. The molecule has 1 aliphatic carbocycles. The van der Waals surface area contributed by atoms with E-state index in [1.165, 1.54) is 31.4 Å². The van der Waals surface area contributed by atoms with Crippen molar-refractivity contribution in [2.45, 2.75) is 18.9 Å². The maximum absolute atomic E-state index is 11.8. The van der Waals surface area contributed by atoms with E-state index >= 15 is 0 Å². The monoisotopic (exact) mass is 251 g/mol. The number of hydrogen-bond acceptors (Lipinski definition) is 5. The first-order chi connectivity index (χ1) is 8.50. The van der Waals surface area contributed by atoms with Crippen LogP contribution in [0.5, 0.6) is 5.75 Å². The average molecular weight is 251 g/mol. The highest BCUT2D eigenvalue weighted by atomic mass is 16.6. The Bertz CT molecular complexity index is 497. The Morgan fingerprint density at radius 1 is 1.50 bits per heavy atom. The lowest BCUT2D eigenvalue weighted by Gasteiger charge is -2.12. The molecule has 0 atom stereocenters. The standard InChI is InChI=1S/C11H13N3O4/c1-13(2)11(15)8-5-12-6-9(10(8)14(16)17)18-7-3-4-7/h5-7H,3-4H2,1-2H3. The maximum Gasteiger partial charge on any atom is 0.326 e. The molecule has 0 bridgehead atoms. The topological polar surface area (TPSA) is 85.6 Å². The molecule has 0 spiro atoms. The number of nitro groups is 1. The number of carbonyl (C=O) groups is 1. The Labute approximate surface area is 104 Å². The van der Waals surface area contributed by atoms with Gasteiger partial charge in [0.1, 0.15) is 5.56 Å². The molecule has 1 aromatic heterocycles. The molecule has 0 aromatic carbocycles. The van der Waals surface area contributed by atoms with E-state index in [4.69, 9.17) is 4.74 Å². The van der Waals surface area contributed by atoms with Gasteiger partial charge in [-0.05, 0) is 12.8 Å². The van der Waals surface area contributed by atoms with Crippen molar-refractivity contribution in [2.75, 3.05) is 14.1 Å². The van der Waals surface area contributed by atoms with E-state index in [1.54, 1.807) is 0 Å². The van der Waals surface area contributed by atoms with E-state index in [0.717, 1.165) is 12.8 Å². The van der Waals surface area contributed by atoms with Crippen molar-refractivity contribution in [3.63, 3.8) is 0 Å². The first kappa shape index (κ1) is 12.3. The van der Waals surface area contributed by atoms with Crippen molar-refractivity contribution in [3.8, 4) is 5.75 Å². The third-order valence-electron chi connectivity index (χ3n) is 2.52. The molecule has 0 saturated heterocycles. The van der Waals surface area contributed by atoms with Crippen LogP contribution >= 0.6 is 0 Å². The van der Waals surface area contributed by atoms with E-state index in [9.17, 15) is 14.9 Å². The number of ether oxygens (including phenoxy) is 1. The number of pyridine rings is 1. The lowest BCUT2D eigenvalue weighted by molar-refractivity contribution is -0.386. The van der Waals surface area contributed by atoms with Crippen molar-refractivity contribution >= 4 is 11.6 Å². The van der Waals surface area contributed by atoms with E-state index in [1.807, 2.05) is 0 Å². The molecule has 7 nitrogen and oxygen atoms in total. The largest absolute Gasteiger partial charge is 0.482 e. The lowest BCUT2D eigenvalue weighted by atomic mass is 10.2. The molecule has 0 N–H and O–H groups in total. The van der Waals surface area contributed by atoms with Gasteiger partial charge in [-0.25, -0.2) is 0 Å². The van der Waals surface area contributed by atoms with Crippen molar-refractivity contribution in [2.24, 2.45) is 0 Å². The quantitative estimate of drug-likeness (QED) is 0.593. The van der Waals surface area contributed by atoms with Crippen LogP contribution in [0.15, 0.2) is 12.4 Å². The highest BCUT2D eigenvalue weighted by Gasteiger charge is 2.31. The Morgan fingerprint density at radius 3 is 2.67 bits per heavy atom. The molecular formula is C11H13N3O4. The number of carbonyl (C=O) groups excluding carboxylic acids is 1. The number of aromatic nitrogens is 1. The van der Waals surface area contributed by atoms with Gasteiger partial charge in [0, 0.05) is 20.3 Å². The first-order valence-corrected chi connectivity index (χ1v) is 5.51. The molecule has 0 aliphatic heterocycles. The third-order valence-corrected chi connectivity index (χ3v) is 2.52. The van der Waals surface area contributed by atoms with Crippen LogP contribution in [0.25, 0.3) is 0 Å². The van der Waals surface area contributed by atoms with Gasteiger partial charge in [-0.3, -0.25) is 19.9 Å². The Balaban J connectivity index is 2.44. The van der Waals surface area contributed by atoms with Gasteiger partial charge in [0.2, 0.25) is 5.75 Å². The second kappa shape index (κ2) is 4.59. The molecule has 7 heteroatoms. The van der Waals surface area contributed by atoms with Gasteiger partial charge in [0.25, 0.3) is 5.91 Å². The number of amides is 1. The van der Waals surface area contributed by atoms with Gasteiger partial charge in [0.15, 0.2) is 0 Å². The van der Waals surface area contributed by atoms with Gasteiger partial charge >= 0.3 is 5.69 Å². The predicted molar refractivity (Wildman–Crippen MR) is 62.6 cm³/mol. The molecule has 1 amide bonds. The van der Waals surface area contributed by atoms with Crippen molar-refractivity contribution in [1.29, 1.82) is 0 Å². The van der Waals surface area contributed by atoms with Crippen molar-refractivity contribution in [1.82, 2.24) is 9.88 Å². The minimum atomic E-state index is -0.601. The van der Waals surface area contributed by atoms with Crippen LogP contribution in [0.2, 0.25) is 0 Å². The summed E-state index contributed by atoms with van der Waals surface area (Å²) in [5.74, 6) is -0.398. The Hall–Kier alpha value is -2.18. The summed E-state index contributed by atoms with van der Waals surface area (Å²) in [6.45, 7) is 0. The molecule has 1 saturated carbocycles. The summed E-state index contributed by atoms with van der Waals surface area (Å²) in [6.07, 6.45) is 4.24. The van der Waals surface area contributed by atoms with E-state index < -0.39 is 10.8 Å². The summed E-state index contributed by atoms with van der Waals surface area (Å²) < 4.78 is 5.41. The second-order valence-corrected chi connectivity index (χ2v) is 4.31. The zero-order chi connectivity index (χ0) is 13.3. The molecule has 1 heterocycles. The van der Waals surface area contributed by atoms with Gasteiger partial charge in [-0.1, -0.05) is 0 Å². The van der Waals surface area contributed by atoms with Crippen LogP contribution in [0.3, 0.4) is 0 Å². The fraction of sp³-hybridized carbons (Fsp3) is 0.455. The Morgan fingerprint density at radius 2 is 2.17 bits per heavy atom. The molecule has 1 fully saturated rings. The summed E-state index contributed by atoms with van der Waals surface area (Å²) in [5, 5.41) is 11.1. The average Bonchev–Trinajstić information content (AvgIpc) is 3.11. The first-order valence-electron chi connectivity index (χ1n) is 5.51. The van der Waals surface area contributed by atoms with Crippen LogP contribution in [-0.2, 0) is 0 Å². The van der Waals surface area contributed by atoms with Gasteiger partial charge in [-0.2, -0.15) is 0 Å². The van der Waals surface area contributed by atoms with Crippen LogP contribution in [0.1, 0.15) is 23.2 Å². The molecular weight excluding hydrogens is 238 g/mol. The van der Waals surface area contributed by atoms with Crippen molar-refractivity contribution in [3.05, 3.63) is 28.1 Å². The van der Waals surface area contributed by atoms with Gasteiger partial charge in [-0.15, -0.1) is 0 Å². The second-order valence-electron chi connectivity index (χ2n) is 4.31. The Kier molecular flexibility index (Phi) is 3.14. The predicted octanol–water partition coefficient (Wildman–Crippen LogP) is 1.23. The van der Waals surface area contributed by atoms with E-state index in [-0.39, 0.29) is 23.1 Å². The van der Waals surface area contributed by atoms with Crippen LogP contribution in [0, 0.1) is 10.1 Å².